The van der Waals surface area contributed by atoms with Gasteiger partial charge < -0.3 is 9.72 Å². The molecule has 0 amide bonds. The Morgan fingerprint density at radius 3 is 2.55 bits per heavy atom. The van der Waals surface area contributed by atoms with Gasteiger partial charge in [-0.15, -0.1) is 0 Å². The standard InChI is InChI=1S/C18H15N3O/c1-12-16(11-19)15(17-4-3-9-20-17)10-18(21-12)13-5-7-14(22-2)8-6-13/h3-10,20H,1-2H3. The van der Waals surface area contributed by atoms with E-state index in [1.165, 1.54) is 0 Å². The summed E-state index contributed by atoms with van der Waals surface area (Å²) in [5, 5.41) is 9.41. The minimum Gasteiger partial charge on any atom is -0.497 e. The van der Waals surface area contributed by atoms with Crippen molar-refractivity contribution >= 4 is 0 Å². The first-order valence-corrected chi connectivity index (χ1v) is 6.93. The summed E-state index contributed by atoms with van der Waals surface area (Å²) in [5.41, 5.74) is 4.92. The fourth-order valence-corrected chi connectivity index (χ4v) is 2.43. The SMILES string of the molecule is COc1ccc(-c2cc(-c3ccc[nH]3)c(C#N)c(C)n2)cc1. The van der Waals surface area contributed by atoms with E-state index in [1.54, 1.807) is 7.11 Å². The Balaban J connectivity index is 2.15. The number of nitrogens with zero attached hydrogens (tertiary/aromatic N) is 2. The number of benzene rings is 1. The van der Waals surface area contributed by atoms with Crippen molar-refractivity contribution in [1.82, 2.24) is 9.97 Å². The Hall–Kier alpha value is -3.06. The summed E-state index contributed by atoms with van der Waals surface area (Å²) < 4.78 is 5.18. The van der Waals surface area contributed by atoms with E-state index in [0.29, 0.717) is 5.56 Å². The molecule has 0 aliphatic heterocycles. The van der Waals surface area contributed by atoms with Gasteiger partial charge in [0, 0.05) is 23.0 Å². The molecule has 0 bridgehead atoms. The molecule has 0 saturated carbocycles. The molecule has 0 unspecified atom stereocenters. The predicted octanol–water partition coefficient (Wildman–Crippen LogP) is 3.93. The van der Waals surface area contributed by atoms with Crippen LogP contribution in [-0.2, 0) is 0 Å². The van der Waals surface area contributed by atoms with Gasteiger partial charge in [-0.05, 0) is 49.4 Å². The van der Waals surface area contributed by atoms with E-state index in [2.05, 4.69) is 16.0 Å². The zero-order valence-electron chi connectivity index (χ0n) is 12.4. The number of rotatable bonds is 3. The molecule has 22 heavy (non-hydrogen) atoms. The lowest BCUT2D eigenvalue weighted by molar-refractivity contribution is 0.415. The van der Waals surface area contributed by atoms with Crippen molar-refractivity contribution in [2.75, 3.05) is 7.11 Å². The highest BCUT2D eigenvalue weighted by molar-refractivity contribution is 5.74. The van der Waals surface area contributed by atoms with Crippen molar-refractivity contribution in [3.05, 3.63) is 59.9 Å². The highest BCUT2D eigenvalue weighted by Crippen LogP contribution is 2.29. The highest BCUT2D eigenvalue weighted by Gasteiger charge is 2.13. The van der Waals surface area contributed by atoms with Gasteiger partial charge in [-0.25, -0.2) is 0 Å². The molecule has 0 atom stereocenters. The first-order valence-electron chi connectivity index (χ1n) is 6.93. The largest absolute Gasteiger partial charge is 0.497 e. The second kappa shape index (κ2) is 5.74. The van der Waals surface area contributed by atoms with Crippen LogP contribution < -0.4 is 4.74 Å². The zero-order chi connectivity index (χ0) is 15.5. The summed E-state index contributed by atoms with van der Waals surface area (Å²) in [4.78, 5) is 7.72. The third-order valence-electron chi connectivity index (χ3n) is 3.59. The molecular formula is C18H15N3O. The number of nitrogens with one attached hydrogen (secondary N) is 1. The van der Waals surface area contributed by atoms with E-state index < -0.39 is 0 Å². The van der Waals surface area contributed by atoms with E-state index in [4.69, 9.17) is 4.74 Å². The van der Waals surface area contributed by atoms with Crippen molar-refractivity contribution in [3.63, 3.8) is 0 Å². The van der Waals surface area contributed by atoms with Crippen LogP contribution in [-0.4, -0.2) is 17.1 Å². The molecule has 2 aromatic heterocycles. The van der Waals surface area contributed by atoms with Gasteiger partial charge >= 0.3 is 0 Å². The number of methoxy groups -OCH3 is 1. The Morgan fingerprint density at radius 2 is 1.95 bits per heavy atom. The predicted molar refractivity (Wildman–Crippen MR) is 85.5 cm³/mol. The molecule has 3 rings (SSSR count). The fourth-order valence-electron chi connectivity index (χ4n) is 2.43. The lowest BCUT2D eigenvalue weighted by Gasteiger charge is -2.09. The maximum atomic E-state index is 9.41. The quantitative estimate of drug-likeness (QED) is 0.794. The molecule has 4 heteroatoms. The smallest absolute Gasteiger partial charge is 0.118 e. The number of ether oxygens (including phenoxy) is 1. The van der Waals surface area contributed by atoms with Crippen molar-refractivity contribution < 1.29 is 4.74 Å². The summed E-state index contributed by atoms with van der Waals surface area (Å²) >= 11 is 0. The Morgan fingerprint density at radius 1 is 1.18 bits per heavy atom. The maximum Gasteiger partial charge on any atom is 0.118 e. The summed E-state index contributed by atoms with van der Waals surface area (Å²) in [6.45, 7) is 1.86. The molecule has 2 heterocycles. The number of pyridine rings is 1. The van der Waals surface area contributed by atoms with Crippen molar-refractivity contribution in [2.24, 2.45) is 0 Å². The van der Waals surface area contributed by atoms with Crippen LogP contribution in [0.25, 0.3) is 22.5 Å². The van der Waals surface area contributed by atoms with Gasteiger partial charge in [0.05, 0.1) is 24.1 Å². The molecule has 0 aliphatic carbocycles. The van der Waals surface area contributed by atoms with Crippen LogP contribution in [0, 0.1) is 18.3 Å². The average molecular weight is 289 g/mol. The van der Waals surface area contributed by atoms with E-state index in [9.17, 15) is 5.26 Å². The minimum absolute atomic E-state index is 0.597. The van der Waals surface area contributed by atoms with Crippen LogP contribution in [0.15, 0.2) is 48.7 Å². The van der Waals surface area contributed by atoms with Gasteiger partial charge in [0.2, 0.25) is 0 Å². The summed E-state index contributed by atoms with van der Waals surface area (Å²) in [5.74, 6) is 0.804. The second-order valence-electron chi connectivity index (χ2n) is 4.94. The Kier molecular flexibility index (Phi) is 3.63. The van der Waals surface area contributed by atoms with Crippen LogP contribution >= 0.6 is 0 Å². The van der Waals surface area contributed by atoms with Crippen LogP contribution in [0.2, 0.25) is 0 Å². The molecule has 108 valence electrons. The van der Waals surface area contributed by atoms with Crippen molar-refractivity contribution in [3.8, 4) is 34.3 Å². The molecule has 0 saturated heterocycles. The molecular weight excluding hydrogens is 274 g/mol. The number of hydrogen-bond donors (Lipinski definition) is 1. The summed E-state index contributed by atoms with van der Waals surface area (Å²) in [6, 6.07) is 15.8. The first-order chi connectivity index (χ1) is 10.7. The zero-order valence-corrected chi connectivity index (χ0v) is 12.4. The topological polar surface area (TPSA) is 61.7 Å². The number of aromatic amines is 1. The van der Waals surface area contributed by atoms with E-state index in [0.717, 1.165) is 34.0 Å². The van der Waals surface area contributed by atoms with Crippen LogP contribution in [0.1, 0.15) is 11.3 Å². The molecule has 0 aliphatic rings. The second-order valence-corrected chi connectivity index (χ2v) is 4.94. The van der Waals surface area contributed by atoms with Gasteiger partial charge in [-0.3, -0.25) is 4.98 Å². The number of nitriles is 1. The lowest BCUT2D eigenvalue weighted by Crippen LogP contribution is -1.96. The van der Waals surface area contributed by atoms with Crippen molar-refractivity contribution in [2.45, 2.75) is 6.92 Å². The minimum atomic E-state index is 0.597. The van der Waals surface area contributed by atoms with Crippen LogP contribution in [0.4, 0.5) is 0 Å². The first kappa shape index (κ1) is 13.9. The van der Waals surface area contributed by atoms with E-state index in [-0.39, 0.29) is 0 Å². The molecule has 0 fully saturated rings. The van der Waals surface area contributed by atoms with Gasteiger partial charge in [0.1, 0.15) is 11.8 Å². The molecule has 1 aromatic carbocycles. The van der Waals surface area contributed by atoms with E-state index in [1.807, 2.05) is 55.6 Å². The van der Waals surface area contributed by atoms with Gasteiger partial charge in [-0.1, -0.05) is 0 Å². The third kappa shape index (κ3) is 2.45. The summed E-state index contributed by atoms with van der Waals surface area (Å²) in [6.07, 6.45) is 1.85. The fraction of sp³-hybridized carbons (Fsp3) is 0.111. The van der Waals surface area contributed by atoms with Gasteiger partial charge in [0.25, 0.3) is 0 Å². The highest BCUT2D eigenvalue weighted by atomic mass is 16.5. The van der Waals surface area contributed by atoms with E-state index >= 15 is 0 Å². The normalized spacial score (nSPS) is 10.2. The molecule has 1 N–H and O–H groups in total. The Bertz CT molecular complexity index is 828. The molecule has 0 radical (unpaired) electrons. The average Bonchev–Trinajstić information content (AvgIpc) is 3.08. The number of hydrogen-bond acceptors (Lipinski definition) is 3. The van der Waals surface area contributed by atoms with Crippen LogP contribution in [0.5, 0.6) is 5.75 Å². The monoisotopic (exact) mass is 289 g/mol. The van der Waals surface area contributed by atoms with Gasteiger partial charge in [0.15, 0.2) is 0 Å². The van der Waals surface area contributed by atoms with Crippen molar-refractivity contribution in [1.29, 1.82) is 5.26 Å². The Labute approximate surface area is 129 Å². The van der Waals surface area contributed by atoms with Gasteiger partial charge in [-0.2, -0.15) is 5.26 Å². The molecule has 4 nitrogen and oxygen atoms in total. The number of H-pyrrole nitrogens is 1. The third-order valence-corrected chi connectivity index (χ3v) is 3.59. The summed E-state index contributed by atoms with van der Waals surface area (Å²) in [7, 11) is 1.64. The lowest BCUT2D eigenvalue weighted by atomic mass is 10.0. The maximum absolute atomic E-state index is 9.41. The number of aryl methyl sites for hydroxylation is 1. The number of aromatic nitrogens is 2. The molecule has 0 spiro atoms. The molecule has 3 aromatic rings. The van der Waals surface area contributed by atoms with Crippen LogP contribution in [0.3, 0.4) is 0 Å².